The van der Waals surface area contributed by atoms with Crippen molar-refractivity contribution in [3.05, 3.63) is 34.6 Å². The first-order chi connectivity index (χ1) is 11.5. The first-order valence-corrected chi connectivity index (χ1v) is 8.58. The summed E-state index contributed by atoms with van der Waals surface area (Å²) in [6.07, 6.45) is 0. The van der Waals surface area contributed by atoms with E-state index < -0.39 is 5.82 Å². The lowest BCUT2D eigenvalue weighted by Gasteiger charge is -2.35. The topological polar surface area (TPSA) is 43.9 Å². The molecule has 1 heterocycles. The van der Waals surface area contributed by atoms with Gasteiger partial charge < -0.3 is 9.80 Å². The van der Waals surface area contributed by atoms with Gasteiger partial charge in [0.05, 0.1) is 17.1 Å². The van der Waals surface area contributed by atoms with E-state index in [4.69, 9.17) is 11.6 Å². The van der Waals surface area contributed by atoms with Crippen LogP contribution in [-0.2, 0) is 4.79 Å². The van der Waals surface area contributed by atoms with Crippen LogP contribution < -0.4 is 0 Å². The molecule has 0 aromatic heterocycles. The van der Waals surface area contributed by atoms with Crippen LogP contribution in [0, 0.1) is 5.82 Å². The van der Waals surface area contributed by atoms with Gasteiger partial charge in [-0.25, -0.2) is 4.39 Å². The van der Waals surface area contributed by atoms with Crippen LogP contribution in [0.15, 0.2) is 18.2 Å². The molecule has 1 aliphatic rings. The second-order valence-electron chi connectivity index (χ2n) is 5.76. The Kier molecular flexibility index (Phi) is 6.57. The SMILES string of the molecule is CCN(CC)C(=O)CN1CCN(C(=O)c2ccc(F)cc2Cl)CC1. The molecule has 5 nitrogen and oxygen atoms in total. The Morgan fingerprint density at radius 3 is 2.33 bits per heavy atom. The monoisotopic (exact) mass is 355 g/mol. The largest absolute Gasteiger partial charge is 0.342 e. The van der Waals surface area contributed by atoms with Crippen molar-refractivity contribution in [3.8, 4) is 0 Å². The number of hydrogen-bond donors (Lipinski definition) is 0. The van der Waals surface area contributed by atoms with Crippen molar-refractivity contribution < 1.29 is 14.0 Å². The van der Waals surface area contributed by atoms with E-state index in [1.165, 1.54) is 12.1 Å². The number of benzene rings is 1. The van der Waals surface area contributed by atoms with Crippen LogP contribution in [0.3, 0.4) is 0 Å². The summed E-state index contributed by atoms with van der Waals surface area (Å²) in [5.74, 6) is -0.549. The molecule has 0 N–H and O–H groups in total. The maximum Gasteiger partial charge on any atom is 0.255 e. The highest BCUT2D eigenvalue weighted by molar-refractivity contribution is 6.33. The smallest absolute Gasteiger partial charge is 0.255 e. The molecule has 2 rings (SSSR count). The van der Waals surface area contributed by atoms with E-state index in [-0.39, 0.29) is 16.8 Å². The summed E-state index contributed by atoms with van der Waals surface area (Å²) in [5.41, 5.74) is 0.311. The van der Waals surface area contributed by atoms with Gasteiger partial charge >= 0.3 is 0 Å². The predicted octanol–water partition coefficient (Wildman–Crippen LogP) is 2.11. The Bertz CT molecular complexity index is 599. The van der Waals surface area contributed by atoms with E-state index in [1.807, 2.05) is 13.8 Å². The van der Waals surface area contributed by atoms with Crippen molar-refractivity contribution in [3.63, 3.8) is 0 Å². The van der Waals surface area contributed by atoms with Crippen LogP contribution in [0.2, 0.25) is 5.02 Å². The minimum atomic E-state index is -0.462. The highest BCUT2D eigenvalue weighted by Gasteiger charge is 2.25. The number of likely N-dealkylation sites (N-methyl/N-ethyl adjacent to an activating group) is 1. The van der Waals surface area contributed by atoms with Gasteiger partial charge in [0.1, 0.15) is 5.82 Å². The average Bonchev–Trinajstić information content (AvgIpc) is 2.56. The highest BCUT2D eigenvalue weighted by atomic mass is 35.5. The number of carbonyl (C=O) groups excluding carboxylic acids is 2. The Balaban J connectivity index is 1.90. The molecule has 1 aromatic carbocycles. The van der Waals surface area contributed by atoms with Crippen molar-refractivity contribution in [1.82, 2.24) is 14.7 Å². The Hall–Kier alpha value is -1.66. The molecule has 1 saturated heterocycles. The normalized spacial score (nSPS) is 15.4. The lowest BCUT2D eigenvalue weighted by atomic mass is 10.1. The minimum Gasteiger partial charge on any atom is -0.342 e. The molecule has 2 amide bonds. The number of halogens is 2. The number of hydrogen-bond acceptors (Lipinski definition) is 3. The number of carbonyl (C=O) groups is 2. The van der Waals surface area contributed by atoms with Crippen LogP contribution in [0.25, 0.3) is 0 Å². The van der Waals surface area contributed by atoms with Gasteiger partial charge in [0.2, 0.25) is 5.91 Å². The molecule has 1 fully saturated rings. The molecule has 0 spiro atoms. The van der Waals surface area contributed by atoms with Gasteiger partial charge in [-0.3, -0.25) is 14.5 Å². The zero-order valence-electron chi connectivity index (χ0n) is 14.1. The maximum atomic E-state index is 13.1. The van der Waals surface area contributed by atoms with Crippen molar-refractivity contribution in [2.24, 2.45) is 0 Å². The van der Waals surface area contributed by atoms with Crippen LogP contribution >= 0.6 is 11.6 Å². The van der Waals surface area contributed by atoms with Gasteiger partial charge in [-0.05, 0) is 32.0 Å². The lowest BCUT2D eigenvalue weighted by molar-refractivity contribution is -0.132. The Morgan fingerprint density at radius 2 is 1.79 bits per heavy atom. The van der Waals surface area contributed by atoms with E-state index in [1.54, 1.807) is 9.80 Å². The minimum absolute atomic E-state index is 0.112. The molecule has 0 bridgehead atoms. The van der Waals surface area contributed by atoms with E-state index in [0.29, 0.717) is 51.4 Å². The molecular weight excluding hydrogens is 333 g/mol. The summed E-state index contributed by atoms with van der Waals surface area (Å²) in [5, 5.41) is 0.124. The maximum absolute atomic E-state index is 13.1. The molecule has 1 aliphatic heterocycles. The fourth-order valence-electron chi connectivity index (χ4n) is 2.81. The quantitative estimate of drug-likeness (QED) is 0.812. The fourth-order valence-corrected chi connectivity index (χ4v) is 3.06. The number of piperazine rings is 1. The molecule has 0 radical (unpaired) electrons. The molecule has 1 aromatic rings. The molecule has 0 saturated carbocycles. The molecule has 0 atom stereocenters. The summed E-state index contributed by atoms with van der Waals surface area (Å²) in [6, 6.07) is 3.79. The van der Waals surface area contributed by atoms with Gasteiger partial charge in [-0.2, -0.15) is 0 Å². The van der Waals surface area contributed by atoms with Gasteiger partial charge in [0.25, 0.3) is 5.91 Å². The summed E-state index contributed by atoms with van der Waals surface area (Å²) in [4.78, 5) is 30.2. The molecule has 132 valence electrons. The van der Waals surface area contributed by atoms with E-state index >= 15 is 0 Å². The Morgan fingerprint density at radius 1 is 1.17 bits per heavy atom. The van der Waals surface area contributed by atoms with E-state index in [2.05, 4.69) is 4.90 Å². The third kappa shape index (κ3) is 4.45. The molecule has 24 heavy (non-hydrogen) atoms. The van der Waals surface area contributed by atoms with E-state index in [0.717, 1.165) is 6.07 Å². The van der Waals surface area contributed by atoms with Gasteiger partial charge in [-0.15, -0.1) is 0 Å². The van der Waals surface area contributed by atoms with Gasteiger partial charge in [-0.1, -0.05) is 11.6 Å². The van der Waals surface area contributed by atoms with Crippen LogP contribution in [0.4, 0.5) is 4.39 Å². The third-order valence-electron chi connectivity index (χ3n) is 4.30. The first-order valence-electron chi connectivity index (χ1n) is 8.20. The second-order valence-corrected chi connectivity index (χ2v) is 6.17. The highest BCUT2D eigenvalue weighted by Crippen LogP contribution is 2.19. The van der Waals surface area contributed by atoms with Crippen LogP contribution in [0.5, 0.6) is 0 Å². The first kappa shape index (κ1) is 18.7. The number of rotatable bonds is 5. The standard InChI is InChI=1S/C17H23ClFN3O2/c1-3-21(4-2)16(23)12-20-7-9-22(10-8-20)17(24)14-6-5-13(19)11-15(14)18/h5-6,11H,3-4,7-10,12H2,1-2H3. The summed E-state index contributed by atoms with van der Waals surface area (Å²) in [6.45, 7) is 8.04. The van der Waals surface area contributed by atoms with Gasteiger partial charge in [0.15, 0.2) is 0 Å². The van der Waals surface area contributed by atoms with Crippen molar-refractivity contribution in [2.45, 2.75) is 13.8 Å². The molecule has 0 unspecified atom stereocenters. The number of amides is 2. The van der Waals surface area contributed by atoms with Crippen LogP contribution in [-0.4, -0.2) is 72.3 Å². The predicted molar refractivity (Wildman–Crippen MR) is 91.7 cm³/mol. The fraction of sp³-hybridized carbons (Fsp3) is 0.529. The molecule has 0 aliphatic carbocycles. The van der Waals surface area contributed by atoms with Crippen molar-refractivity contribution >= 4 is 23.4 Å². The van der Waals surface area contributed by atoms with Gasteiger partial charge in [0, 0.05) is 39.3 Å². The summed E-state index contributed by atoms with van der Waals surface area (Å²) < 4.78 is 13.1. The summed E-state index contributed by atoms with van der Waals surface area (Å²) in [7, 11) is 0. The van der Waals surface area contributed by atoms with Crippen molar-refractivity contribution in [1.29, 1.82) is 0 Å². The average molecular weight is 356 g/mol. The summed E-state index contributed by atoms with van der Waals surface area (Å²) >= 11 is 5.96. The zero-order chi connectivity index (χ0) is 17.7. The Labute approximate surface area is 147 Å². The molecular formula is C17H23ClFN3O2. The number of nitrogens with zero attached hydrogens (tertiary/aromatic N) is 3. The van der Waals surface area contributed by atoms with Crippen molar-refractivity contribution in [2.75, 3.05) is 45.8 Å². The third-order valence-corrected chi connectivity index (χ3v) is 4.61. The lowest BCUT2D eigenvalue weighted by Crippen LogP contribution is -2.51. The zero-order valence-corrected chi connectivity index (χ0v) is 14.9. The second kappa shape index (κ2) is 8.44. The van der Waals surface area contributed by atoms with Crippen LogP contribution in [0.1, 0.15) is 24.2 Å². The molecule has 7 heteroatoms. The van der Waals surface area contributed by atoms with E-state index in [9.17, 15) is 14.0 Å².